The van der Waals surface area contributed by atoms with Crippen LogP contribution in [-0.2, 0) is 4.74 Å². The molecule has 0 aliphatic rings. The van der Waals surface area contributed by atoms with Crippen LogP contribution in [-0.4, -0.2) is 31.7 Å². The summed E-state index contributed by atoms with van der Waals surface area (Å²) in [7, 11) is 0. The molecule has 112 valence electrons. The van der Waals surface area contributed by atoms with Gasteiger partial charge in [-0.2, -0.15) is 0 Å². The van der Waals surface area contributed by atoms with Crippen molar-refractivity contribution < 1.29 is 14.3 Å². The summed E-state index contributed by atoms with van der Waals surface area (Å²) in [6.07, 6.45) is -0.494. The van der Waals surface area contributed by atoms with Crippen molar-refractivity contribution in [2.75, 3.05) is 19.7 Å². The van der Waals surface area contributed by atoms with Crippen LogP contribution in [0.1, 0.15) is 16.6 Å². The van der Waals surface area contributed by atoms with E-state index in [0.717, 1.165) is 10.1 Å². The molecular weight excluding hydrogens is 312 g/mol. The second kappa shape index (κ2) is 7.28. The third-order valence-corrected chi connectivity index (χ3v) is 4.36. The number of fused-ring (bicyclic) bond motifs is 1. The first kappa shape index (κ1) is 15.6. The number of hydrogen-bond acceptors (Lipinski definition) is 4. The van der Waals surface area contributed by atoms with Crippen molar-refractivity contribution in [2.24, 2.45) is 0 Å². The van der Waals surface area contributed by atoms with Gasteiger partial charge < -0.3 is 15.4 Å². The van der Waals surface area contributed by atoms with Crippen molar-refractivity contribution >= 4 is 45.0 Å². The number of nitrogens with one attached hydrogen (secondary N) is 2. The maximum atomic E-state index is 12.1. The van der Waals surface area contributed by atoms with Crippen molar-refractivity contribution in [3.8, 4) is 0 Å². The van der Waals surface area contributed by atoms with E-state index < -0.39 is 6.09 Å². The predicted molar refractivity (Wildman–Crippen MR) is 84.2 cm³/mol. The molecule has 0 aliphatic heterocycles. The minimum atomic E-state index is -0.494. The lowest BCUT2D eigenvalue weighted by Gasteiger charge is -2.06. The van der Waals surface area contributed by atoms with Crippen LogP contribution in [0.5, 0.6) is 0 Å². The van der Waals surface area contributed by atoms with Gasteiger partial charge in [0.05, 0.1) is 11.6 Å². The summed E-state index contributed by atoms with van der Waals surface area (Å²) in [4.78, 5) is 23.6. The van der Waals surface area contributed by atoms with Crippen LogP contribution in [0.2, 0.25) is 5.02 Å². The molecule has 2 rings (SSSR count). The lowest BCUT2D eigenvalue weighted by Crippen LogP contribution is -2.30. The third kappa shape index (κ3) is 3.86. The van der Waals surface area contributed by atoms with Gasteiger partial charge in [-0.05, 0) is 13.0 Å². The Morgan fingerprint density at radius 2 is 2.05 bits per heavy atom. The van der Waals surface area contributed by atoms with E-state index in [-0.39, 0.29) is 19.1 Å². The third-order valence-electron chi connectivity index (χ3n) is 2.68. The van der Waals surface area contributed by atoms with Gasteiger partial charge in [0.2, 0.25) is 0 Å². The van der Waals surface area contributed by atoms with Gasteiger partial charge in [0.1, 0.15) is 11.5 Å². The number of halogens is 1. The summed E-state index contributed by atoms with van der Waals surface area (Å²) in [5, 5.41) is 6.50. The lowest BCUT2D eigenvalue weighted by molar-refractivity contribution is 0.0938. The number of rotatable bonds is 5. The second-order valence-electron chi connectivity index (χ2n) is 4.16. The molecule has 0 bridgehead atoms. The molecule has 0 radical (unpaired) electrons. The summed E-state index contributed by atoms with van der Waals surface area (Å²) in [5.41, 5.74) is 0. The van der Waals surface area contributed by atoms with Crippen molar-refractivity contribution in [3.05, 3.63) is 34.2 Å². The monoisotopic (exact) mass is 326 g/mol. The predicted octanol–water partition coefficient (Wildman–Crippen LogP) is 3.03. The SMILES string of the molecule is CCNC(=O)OCCNC(=O)c1sc2ccccc2c1Cl. The van der Waals surface area contributed by atoms with Crippen molar-refractivity contribution in [1.82, 2.24) is 10.6 Å². The maximum Gasteiger partial charge on any atom is 0.407 e. The van der Waals surface area contributed by atoms with Gasteiger partial charge >= 0.3 is 6.09 Å². The van der Waals surface area contributed by atoms with Crippen LogP contribution >= 0.6 is 22.9 Å². The number of benzene rings is 1. The molecule has 5 nitrogen and oxygen atoms in total. The van der Waals surface area contributed by atoms with E-state index in [9.17, 15) is 9.59 Å². The van der Waals surface area contributed by atoms with E-state index in [4.69, 9.17) is 16.3 Å². The largest absolute Gasteiger partial charge is 0.448 e. The number of hydrogen-bond donors (Lipinski definition) is 2. The molecule has 1 aromatic carbocycles. The van der Waals surface area contributed by atoms with Gasteiger partial charge in [0.25, 0.3) is 5.91 Å². The van der Waals surface area contributed by atoms with Crippen molar-refractivity contribution in [2.45, 2.75) is 6.92 Å². The molecule has 0 saturated heterocycles. The van der Waals surface area contributed by atoms with Gasteiger partial charge in [0, 0.05) is 16.6 Å². The molecule has 2 N–H and O–H groups in total. The van der Waals surface area contributed by atoms with Crippen LogP contribution in [0, 0.1) is 0 Å². The first-order chi connectivity index (χ1) is 10.1. The Morgan fingerprint density at radius 1 is 1.29 bits per heavy atom. The zero-order valence-corrected chi connectivity index (χ0v) is 13.0. The lowest BCUT2D eigenvalue weighted by atomic mass is 10.2. The molecule has 7 heteroatoms. The molecule has 21 heavy (non-hydrogen) atoms. The van der Waals surface area contributed by atoms with E-state index in [1.165, 1.54) is 11.3 Å². The molecular formula is C14H15ClN2O3S. The average Bonchev–Trinajstić information content (AvgIpc) is 2.81. The number of ether oxygens (including phenoxy) is 1. The van der Waals surface area contributed by atoms with Crippen molar-refractivity contribution in [1.29, 1.82) is 0 Å². The Kier molecular flexibility index (Phi) is 5.41. The van der Waals surface area contributed by atoms with Crippen LogP contribution in [0.3, 0.4) is 0 Å². The Hall–Kier alpha value is -1.79. The minimum absolute atomic E-state index is 0.111. The first-order valence-electron chi connectivity index (χ1n) is 6.49. The average molecular weight is 327 g/mol. The fraction of sp³-hybridized carbons (Fsp3) is 0.286. The molecule has 2 amide bonds. The van der Waals surface area contributed by atoms with Gasteiger partial charge in [-0.3, -0.25) is 4.79 Å². The highest BCUT2D eigenvalue weighted by molar-refractivity contribution is 7.21. The Labute approximate surface area is 131 Å². The van der Waals surface area contributed by atoms with Gasteiger partial charge in [0.15, 0.2) is 0 Å². The standard InChI is InChI=1S/C14H15ClN2O3S/c1-2-16-14(19)20-8-7-17-13(18)12-11(15)9-5-3-4-6-10(9)21-12/h3-6H,2,7-8H2,1H3,(H,16,19)(H,17,18). The number of carbonyl (C=O) groups is 2. The van der Waals surface area contributed by atoms with Crippen molar-refractivity contribution in [3.63, 3.8) is 0 Å². The molecule has 1 aromatic heterocycles. The smallest absolute Gasteiger partial charge is 0.407 e. The van der Waals surface area contributed by atoms with Crippen LogP contribution in [0.4, 0.5) is 4.79 Å². The maximum absolute atomic E-state index is 12.1. The highest BCUT2D eigenvalue weighted by Crippen LogP contribution is 2.34. The number of carbonyl (C=O) groups excluding carboxylic acids is 2. The second-order valence-corrected chi connectivity index (χ2v) is 5.59. The summed E-state index contributed by atoms with van der Waals surface area (Å²) in [6, 6.07) is 7.57. The van der Waals surface area contributed by atoms with E-state index in [2.05, 4.69) is 10.6 Å². The molecule has 2 aromatic rings. The van der Waals surface area contributed by atoms with Crippen LogP contribution < -0.4 is 10.6 Å². The van der Waals surface area contributed by atoms with Crippen LogP contribution in [0.25, 0.3) is 10.1 Å². The fourth-order valence-corrected chi connectivity index (χ4v) is 3.18. The normalized spacial score (nSPS) is 10.4. The fourth-order valence-electron chi connectivity index (χ4n) is 1.74. The molecule has 0 saturated carbocycles. The number of amides is 2. The first-order valence-corrected chi connectivity index (χ1v) is 7.68. The van der Waals surface area contributed by atoms with E-state index in [1.54, 1.807) is 6.92 Å². The quantitative estimate of drug-likeness (QED) is 0.830. The summed E-state index contributed by atoms with van der Waals surface area (Å²) < 4.78 is 5.83. The minimum Gasteiger partial charge on any atom is -0.448 e. The molecule has 0 fully saturated rings. The molecule has 0 unspecified atom stereocenters. The zero-order valence-electron chi connectivity index (χ0n) is 11.4. The van der Waals surface area contributed by atoms with Gasteiger partial charge in [-0.1, -0.05) is 29.8 Å². The molecule has 1 heterocycles. The molecule has 0 aliphatic carbocycles. The Balaban J connectivity index is 1.91. The number of thiophene rings is 1. The van der Waals surface area contributed by atoms with E-state index >= 15 is 0 Å². The highest BCUT2D eigenvalue weighted by atomic mass is 35.5. The molecule has 0 spiro atoms. The zero-order chi connectivity index (χ0) is 15.2. The number of alkyl carbamates (subject to hydrolysis) is 1. The van der Waals surface area contributed by atoms with E-state index in [1.807, 2.05) is 24.3 Å². The highest BCUT2D eigenvalue weighted by Gasteiger charge is 2.16. The summed E-state index contributed by atoms with van der Waals surface area (Å²) in [5.74, 6) is -0.263. The summed E-state index contributed by atoms with van der Waals surface area (Å²) >= 11 is 7.55. The van der Waals surface area contributed by atoms with Gasteiger partial charge in [-0.25, -0.2) is 4.79 Å². The van der Waals surface area contributed by atoms with Crippen LogP contribution in [0.15, 0.2) is 24.3 Å². The van der Waals surface area contributed by atoms with Gasteiger partial charge in [-0.15, -0.1) is 11.3 Å². The topological polar surface area (TPSA) is 67.4 Å². The Bertz CT molecular complexity index is 657. The summed E-state index contributed by atoms with van der Waals surface area (Å²) in [6.45, 7) is 2.65. The Morgan fingerprint density at radius 3 is 2.76 bits per heavy atom. The molecule has 0 atom stereocenters. The van der Waals surface area contributed by atoms with E-state index in [0.29, 0.717) is 16.4 Å².